The quantitative estimate of drug-likeness (QED) is 0.468. The van der Waals surface area contributed by atoms with Crippen LogP contribution in [0.5, 0.6) is 0 Å². The fraction of sp³-hybridized carbons (Fsp3) is 0.0870. The fourth-order valence-corrected chi connectivity index (χ4v) is 7.64. The monoisotopic (exact) mass is 436 g/mol. The number of imidazole rings is 1. The zero-order valence-electron chi connectivity index (χ0n) is 15.2. The van der Waals surface area contributed by atoms with E-state index in [1.807, 2.05) is 6.20 Å². The lowest BCUT2D eigenvalue weighted by atomic mass is 10.4. The smallest absolute Gasteiger partial charge is 0.145 e. The van der Waals surface area contributed by atoms with Crippen LogP contribution < -0.4 is 32.9 Å². The average Bonchev–Trinajstić information content (AvgIpc) is 3.13. The number of nitrogens with one attached hydrogen (secondary N) is 1. The van der Waals surface area contributed by atoms with Crippen LogP contribution in [0.25, 0.3) is 0 Å². The molecule has 1 heterocycles. The largest absolute Gasteiger partial charge is 1.00 e. The van der Waals surface area contributed by atoms with E-state index in [9.17, 15) is 0 Å². The Kier molecular flexibility index (Phi) is 6.26. The number of nitrogens with zero attached hydrogens (tertiary/aromatic N) is 1. The van der Waals surface area contributed by atoms with Gasteiger partial charge in [-0.25, -0.2) is 4.98 Å². The summed E-state index contributed by atoms with van der Waals surface area (Å²) in [6, 6.07) is 32.7. The molecule has 0 amide bonds. The first-order chi connectivity index (χ1) is 12.8. The molecule has 0 saturated heterocycles. The predicted octanol–water partition coefficient (Wildman–Crippen LogP) is 1.22. The maximum absolute atomic E-state index is 4.65. The van der Waals surface area contributed by atoms with Crippen LogP contribution in [0.1, 0.15) is 11.5 Å². The van der Waals surface area contributed by atoms with E-state index in [1.54, 1.807) is 0 Å². The first-order valence-electron chi connectivity index (χ1n) is 8.84. The maximum Gasteiger partial charge on any atom is 0.145 e. The first kappa shape index (κ1) is 19.5. The second kappa shape index (κ2) is 8.65. The molecule has 136 valence electrons. The van der Waals surface area contributed by atoms with Gasteiger partial charge in [0.1, 0.15) is 35.2 Å². The third-order valence-corrected chi connectivity index (χ3v) is 9.05. The van der Waals surface area contributed by atoms with Crippen LogP contribution >= 0.6 is 7.26 Å². The second-order valence-electron chi connectivity index (χ2n) is 6.49. The van der Waals surface area contributed by atoms with Gasteiger partial charge in [0, 0.05) is 11.9 Å². The van der Waals surface area contributed by atoms with E-state index in [-0.39, 0.29) is 17.0 Å². The highest BCUT2D eigenvalue weighted by Gasteiger charge is 2.46. The van der Waals surface area contributed by atoms with Crippen molar-refractivity contribution < 1.29 is 17.0 Å². The minimum Gasteiger partial charge on any atom is -1.00 e. The molecule has 27 heavy (non-hydrogen) atoms. The molecule has 0 bridgehead atoms. The number of aryl methyl sites for hydroxylation is 1. The van der Waals surface area contributed by atoms with Crippen molar-refractivity contribution in [2.24, 2.45) is 0 Å². The lowest BCUT2D eigenvalue weighted by Gasteiger charge is -2.26. The Balaban J connectivity index is 0.00000210. The van der Waals surface area contributed by atoms with E-state index in [0.717, 1.165) is 17.7 Å². The van der Waals surface area contributed by atoms with E-state index in [2.05, 4.69) is 108 Å². The lowest BCUT2D eigenvalue weighted by molar-refractivity contribution is -0.00000537. The number of benzene rings is 3. The van der Waals surface area contributed by atoms with E-state index in [4.69, 9.17) is 0 Å². The molecule has 0 aliphatic carbocycles. The summed E-state index contributed by atoms with van der Waals surface area (Å²) in [5, 5.41) is 4.14. The SMILES string of the molecule is Cc1cnc(C[P+](c2ccccc2)(c2ccccc2)c2ccccc2)[nH]1.[Br-]. The topological polar surface area (TPSA) is 28.7 Å². The zero-order valence-corrected chi connectivity index (χ0v) is 17.7. The van der Waals surface area contributed by atoms with Crippen molar-refractivity contribution in [3.8, 4) is 0 Å². The summed E-state index contributed by atoms with van der Waals surface area (Å²) in [5.74, 6) is 1.05. The highest BCUT2D eigenvalue weighted by Crippen LogP contribution is 2.57. The summed E-state index contributed by atoms with van der Waals surface area (Å²) in [6.45, 7) is 2.06. The van der Waals surface area contributed by atoms with Crippen molar-refractivity contribution in [2.75, 3.05) is 0 Å². The van der Waals surface area contributed by atoms with Crippen molar-refractivity contribution in [1.82, 2.24) is 9.97 Å². The number of aromatic nitrogens is 2. The van der Waals surface area contributed by atoms with Crippen LogP contribution in [0.4, 0.5) is 0 Å². The number of hydrogen-bond acceptors (Lipinski definition) is 1. The molecule has 0 unspecified atom stereocenters. The third kappa shape index (κ3) is 3.90. The Labute approximate surface area is 171 Å². The Bertz CT molecular complexity index is 872. The highest BCUT2D eigenvalue weighted by atomic mass is 79.9. The Morgan fingerprint density at radius 3 is 1.44 bits per heavy atom. The van der Waals surface area contributed by atoms with Crippen molar-refractivity contribution in [3.63, 3.8) is 0 Å². The second-order valence-corrected chi connectivity index (χ2v) is 9.97. The van der Waals surface area contributed by atoms with Crippen LogP contribution in [0.3, 0.4) is 0 Å². The molecule has 0 aliphatic heterocycles. The van der Waals surface area contributed by atoms with Gasteiger partial charge in [0.05, 0.1) is 0 Å². The molecule has 1 aromatic heterocycles. The molecular formula is C23H22BrN2P. The van der Waals surface area contributed by atoms with Crippen LogP contribution in [0.15, 0.2) is 97.2 Å². The molecule has 4 rings (SSSR count). The predicted molar refractivity (Wildman–Crippen MR) is 112 cm³/mol. The summed E-state index contributed by atoms with van der Waals surface area (Å²) < 4.78 is 0. The average molecular weight is 437 g/mol. The van der Waals surface area contributed by atoms with Crippen molar-refractivity contribution >= 4 is 23.2 Å². The number of hydrogen-bond donors (Lipinski definition) is 1. The molecule has 2 nitrogen and oxygen atoms in total. The van der Waals surface area contributed by atoms with E-state index < -0.39 is 7.26 Å². The Morgan fingerprint density at radius 1 is 0.704 bits per heavy atom. The molecule has 4 heteroatoms. The molecule has 0 aliphatic rings. The van der Waals surface area contributed by atoms with Crippen LogP contribution in [-0.4, -0.2) is 9.97 Å². The zero-order chi connectivity index (χ0) is 17.8. The minimum absolute atomic E-state index is 0. The van der Waals surface area contributed by atoms with Gasteiger partial charge in [-0.05, 0) is 43.3 Å². The molecule has 1 N–H and O–H groups in total. The minimum atomic E-state index is -1.86. The van der Waals surface area contributed by atoms with Gasteiger partial charge < -0.3 is 22.0 Å². The molecule has 0 radical (unpaired) electrons. The summed E-state index contributed by atoms with van der Waals surface area (Å²) in [4.78, 5) is 8.11. The van der Waals surface area contributed by atoms with Gasteiger partial charge in [0.2, 0.25) is 0 Å². The molecule has 0 fully saturated rings. The fourth-order valence-electron chi connectivity index (χ4n) is 3.54. The van der Waals surface area contributed by atoms with E-state index in [0.29, 0.717) is 0 Å². The molecular weight excluding hydrogens is 415 g/mol. The van der Waals surface area contributed by atoms with Crippen molar-refractivity contribution in [2.45, 2.75) is 13.1 Å². The van der Waals surface area contributed by atoms with Gasteiger partial charge in [0.15, 0.2) is 0 Å². The van der Waals surface area contributed by atoms with Gasteiger partial charge in [0.25, 0.3) is 0 Å². The summed E-state index contributed by atoms with van der Waals surface area (Å²) >= 11 is 0. The maximum atomic E-state index is 4.65. The number of H-pyrrole nitrogens is 1. The third-order valence-electron chi connectivity index (χ3n) is 4.73. The molecule has 0 spiro atoms. The summed E-state index contributed by atoms with van der Waals surface area (Å²) in [7, 11) is -1.86. The van der Waals surface area contributed by atoms with Gasteiger partial charge >= 0.3 is 0 Å². The molecule has 3 aromatic carbocycles. The molecule has 4 aromatic rings. The van der Waals surface area contributed by atoms with Gasteiger partial charge in [-0.15, -0.1) is 0 Å². The van der Waals surface area contributed by atoms with Crippen molar-refractivity contribution in [3.05, 3.63) is 109 Å². The lowest BCUT2D eigenvalue weighted by Crippen LogP contribution is -3.00. The van der Waals surface area contributed by atoms with Gasteiger partial charge in [-0.3, -0.25) is 0 Å². The number of aromatic amines is 1. The number of rotatable bonds is 5. The Hall–Kier alpha value is -2.22. The highest BCUT2D eigenvalue weighted by molar-refractivity contribution is 7.95. The van der Waals surface area contributed by atoms with Crippen LogP contribution in [0.2, 0.25) is 0 Å². The normalized spacial score (nSPS) is 11.0. The summed E-state index contributed by atoms with van der Waals surface area (Å²) in [5.41, 5.74) is 1.10. The first-order valence-corrected chi connectivity index (χ1v) is 10.8. The standard InChI is InChI=1S/C23H22N2P.BrH/c1-19-17-24-23(25-19)18-26(20-11-5-2-6-12-20,21-13-7-3-8-14-21)22-15-9-4-10-16-22;/h2-17H,18H2,1H3,(H,24,25);1H/q+1;/p-1. The number of halogens is 1. The van der Waals surface area contributed by atoms with E-state index >= 15 is 0 Å². The molecule has 0 atom stereocenters. The van der Waals surface area contributed by atoms with Crippen LogP contribution in [0, 0.1) is 6.92 Å². The van der Waals surface area contributed by atoms with Crippen molar-refractivity contribution in [1.29, 1.82) is 0 Å². The van der Waals surface area contributed by atoms with Gasteiger partial charge in [-0.2, -0.15) is 0 Å². The van der Waals surface area contributed by atoms with Crippen LogP contribution in [-0.2, 0) is 6.16 Å². The summed E-state index contributed by atoms with van der Waals surface area (Å²) in [6.07, 6.45) is 2.81. The van der Waals surface area contributed by atoms with E-state index in [1.165, 1.54) is 15.9 Å². The van der Waals surface area contributed by atoms with Gasteiger partial charge in [-0.1, -0.05) is 54.6 Å². The molecule has 0 saturated carbocycles. The Morgan fingerprint density at radius 2 is 1.11 bits per heavy atom.